The Morgan fingerprint density at radius 2 is 2.21 bits per heavy atom. The average molecular weight is 278 g/mol. The molecule has 6 nitrogen and oxygen atoms in total. The van der Waals surface area contributed by atoms with Gasteiger partial charge in [0.05, 0.1) is 0 Å². The number of carbonyl (C=O) groups is 1. The van der Waals surface area contributed by atoms with Gasteiger partial charge in [0.1, 0.15) is 17.2 Å². The molecule has 2 aromatic heterocycles. The number of esters is 1. The van der Waals surface area contributed by atoms with Crippen molar-refractivity contribution >= 4 is 23.4 Å². The SMILES string of the molecule is Cc1cc2nnc(SC3CC(C)OC3=O)n2c(C)n1. The van der Waals surface area contributed by atoms with E-state index in [1.807, 2.05) is 31.2 Å². The van der Waals surface area contributed by atoms with E-state index in [4.69, 9.17) is 4.74 Å². The first-order valence-electron chi connectivity index (χ1n) is 6.11. The molecule has 1 saturated heterocycles. The molecule has 7 heteroatoms. The smallest absolute Gasteiger partial charge is 0.319 e. The van der Waals surface area contributed by atoms with Gasteiger partial charge in [-0.3, -0.25) is 9.20 Å². The van der Waals surface area contributed by atoms with Gasteiger partial charge in [-0.15, -0.1) is 10.2 Å². The first-order chi connectivity index (χ1) is 9.04. The molecule has 0 aliphatic carbocycles. The number of ether oxygens (including phenoxy) is 1. The Morgan fingerprint density at radius 3 is 2.89 bits per heavy atom. The zero-order valence-corrected chi connectivity index (χ0v) is 11.8. The van der Waals surface area contributed by atoms with Crippen LogP contribution in [0.5, 0.6) is 0 Å². The van der Waals surface area contributed by atoms with Crippen molar-refractivity contribution in [3.63, 3.8) is 0 Å². The monoisotopic (exact) mass is 278 g/mol. The van der Waals surface area contributed by atoms with E-state index in [2.05, 4.69) is 15.2 Å². The van der Waals surface area contributed by atoms with Crippen LogP contribution in [0.1, 0.15) is 24.9 Å². The maximum absolute atomic E-state index is 11.7. The number of cyclic esters (lactones) is 1. The third-order valence-corrected chi connectivity index (χ3v) is 4.18. The molecule has 0 bridgehead atoms. The second-order valence-electron chi connectivity index (χ2n) is 4.71. The molecule has 2 atom stereocenters. The highest BCUT2D eigenvalue weighted by Gasteiger charge is 2.34. The number of nitrogens with zero attached hydrogens (tertiary/aromatic N) is 4. The Morgan fingerprint density at radius 1 is 1.42 bits per heavy atom. The summed E-state index contributed by atoms with van der Waals surface area (Å²) in [5.74, 6) is 0.647. The van der Waals surface area contributed by atoms with Crippen molar-refractivity contribution in [1.29, 1.82) is 0 Å². The van der Waals surface area contributed by atoms with Crippen molar-refractivity contribution in [2.45, 2.75) is 43.7 Å². The van der Waals surface area contributed by atoms with Crippen LogP contribution in [0.15, 0.2) is 11.2 Å². The van der Waals surface area contributed by atoms with Crippen LogP contribution in [0.4, 0.5) is 0 Å². The minimum absolute atomic E-state index is 0.0225. The number of carbonyl (C=O) groups excluding carboxylic acids is 1. The molecule has 0 amide bonds. The lowest BCUT2D eigenvalue weighted by atomic mass is 10.3. The average Bonchev–Trinajstić information content (AvgIpc) is 2.84. The Kier molecular flexibility index (Phi) is 2.93. The first-order valence-corrected chi connectivity index (χ1v) is 6.99. The second-order valence-corrected chi connectivity index (χ2v) is 5.88. The predicted octanol–water partition coefficient (Wildman–Crippen LogP) is 1.54. The lowest BCUT2D eigenvalue weighted by Crippen LogP contribution is -2.10. The fraction of sp³-hybridized carbons (Fsp3) is 0.500. The maximum atomic E-state index is 11.7. The molecule has 3 heterocycles. The molecule has 1 aliphatic rings. The van der Waals surface area contributed by atoms with E-state index in [-0.39, 0.29) is 17.3 Å². The van der Waals surface area contributed by atoms with Crippen molar-refractivity contribution < 1.29 is 9.53 Å². The summed E-state index contributed by atoms with van der Waals surface area (Å²) in [4.78, 5) is 16.1. The Balaban J connectivity index is 1.96. The van der Waals surface area contributed by atoms with Crippen LogP contribution in [0.3, 0.4) is 0 Å². The van der Waals surface area contributed by atoms with Crippen LogP contribution in [-0.2, 0) is 9.53 Å². The van der Waals surface area contributed by atoms with Crippen LogP contribution >= 0.6 is 11.8 Å². The Hall–Kier alpha value is -1.63. The summed E-state index contributed by atoms with van der Waals surface area (Å²) >= 11 is 1.39. The number of hydrogen-bond donors (Lipinski definition) is 0. The van der Waals surface area contributed by atoms with Crippen LogP contribution in [0.2, 0.25) is 0 Å². The second kappa shape index (κ2) is 4.48. The number of fused-ring (bicyclic) bond motifs is 1. The normalized spacial score (nSPS) is 23.0. The summed E-state index contributed by atoms with van der Waals surface area (Å²) in [6, 6.07) is 1.87. The van der Waals surface area contributed by atoms with Gasteiger partial charge in [-0.2, -0.15) is 0 Å². The fourth-order valence-electron chi connectivity index (χ4n) is 2.22. The summed E-state index contributed by atoms with van der Waals surface area (Å²) in [5, 5.41) is 8.76. The van der Waals surface area contributed by atoms with Gasteiger partial charge in [0.25, 0.3) is 0 Å². The summed E-state index contributed by atoms with van der Waals surface area (Å²) in [7, 11) is 0. The molecule has 19 heavy (non-hydrogen) atoms. The highest BCUT2D eigenvalue weighted by atomic mass is 32.2. The van der Waals surface area contributed by atoms with Crippen LogP contribution in [0.25, 0.3) is 5.65 Å². The molecule has 0 N–H and O–H groups in total. The van der Waals surface area contributed by atoms with Crippen molar-refractivity contribution in [2.75, 3.05) is 0 Å². The molecule has 3 rings (SSSR count). The van der Waals surface area contributed by atoms with Gasteiger partial charge >= 0.3 is 5.97 Å². The summed E-state index contributed by atoms with van der Waals surface area (Å²) in [6.45, 7) is 5.73. The van der Waals surface area contributed by atoms with E-state index in [1.54, 1.807) is 0 Å². The number of aromatic nitrogens is 4. The van der Waals surface area contributed by atoms with Crippen LogP contribution in [0, 0.1) is 13.8 Å². The number of thioether (sulfide) groups is 1. The lowest BCUT2D eigenvalue weighted by Gasteiger charge is -2.05. The number of aryl methyl sites for hydroxylation is 2. The van der Waals surface area contributed by atoms with E-state index in [1.165, 1.54) is 11.8 Å². The van der Waals surface area contributed by atoms with E-state index >= 15 is 0 Å². The predicted molar refractivity (Wildman–Crippen MR) is 70.1 cm³/mol. The van der Waals surface area contributed by atoms with Gasteiger partial charge < -0.3 is 4.74 Å². The molecular weight excluding hydrogens is 264 g/mol. The highest BCUT2D eigenvalue weighted by molar-refractivity contribution is 8.00. The fourth-order valence-corrected chi connectivity index (χ4v) is 3.42. The van der Waals surface area contributed by atoms with Gasteiger partial charge in [-0.05, 0) is 20.8 Å². The maximum Gasteiger partial charge on any atom is 0.319 e. The quantitative estimate of drug-likeness (QED) is 0.776. The lowest BCUT2D eigenvalue weighted by molar-refractivity contribution is -0.140. The van der Waals surface area contributed by atoms with Gasteiger partial charge in [0.2, 0.25) is 0 Å². The summed E-state index contributed by atoms with van der Waals surface area (Å²) in [5.41, 5.74) is 1.66. The first kappa shape index (κ1) is 12.4. The number of hydrogen-bond acceptors (Lipinski definition) is 6. The standard InChI is InChI=1S/C12H14N4O2S/c1-6-4-10-14-15-12(16(10)8(3)13-6)19-9-5-7(2)18-11(9)17/h4,7,9H,5H2,1-3H3. The topological polar surface area (TPSA) is 69.4 Å². The van der Waals surface area contributed by atoms with Crippen LogP contribution < -0.4 is 0 Å². The summed E-state index contributed by atoms with van der Waals surface area (Å²) < 4.78 is 7.02. The highest BCUT2D eigenvalue weighted by Crippen LogP contribution is 2.31. The van der Waals surface area contributed by atoms with E-state index < -0.39 is 0 Å². The van der Waals surface area contributed by atoms with Crippen molar-refractivity contribution in [3.8, 4) is 0 Å². The van der Waals surface area contributed by atoms with Gasteiger partial charge in [-0.1, -0.05) is 11.8 Å². The van der Waals surface area contributed by atoms with Crippen molar-refractivity contribution in [2.24, 2.45) is 0 Å². The minimum atomic E-state index is -0.205. The molecule has 0 saturated carbocycles. The minimum Gasteiger partial charge on any atom is -0.462 e. The molecule has 1 fully saturated rings. The largest absolute Gasteiger partial charge is 0.462 e. The van der Waals surface area contributed by atoms with E-state index in [0.717, 1.165) is 17.2 Å². The van der Waals surface area contributed by atoms with Crippen LogP contribution in [-0.4, -0.2) is 36.9 Å². The zero-order valence-electron chi connectivity index (χ0n) is 11.0. The molecule has 1 aliphatic heterocycles. The Bertz CT molecular complexity index is 654. The summed E-state index contributed by atoms with van der Waals surface area (Å²) in [6.07, 6.45) is 0.683. The zero-order chi connectivity index (χ0) is 13.6. The van der Waals surface area contributed by atoms with E-state index in [0.29, 0.717) is 11.6 Å². The van der Waals surface area contributed by atoms with Gasteiger partial charge in [0, 0.05) is 18.2 Å². The third kappa shape index (κ3) is 2.18. The number of rotatable bonds is 2. The van der Waals surface area contributed by atoms with E-state index in [9.17, 15) is 4.79 Å². The van der Waals surface area contributed by atoms with Gasteiger partial charge in [-0.25, -0.2) is 4.98 Å². The molecule has 0 radical (unpaired) electrons. The third-order valence-electron chi connectivity index (χ3n) is 3.03. The molecule has 2 unspecified atom stereocenters. The molecule has 0 spiro atoms. The molecule has 2 aromatic rings. The van der Waals surface area contributed by atoms with Crippen molar-refractivity contribution in [3.05, 3.63) is 17.6 Å². The molecular formula is C12H14N4O2S. The Labute approximate surface area is 114 Å². The van der Waals surface area contributed by atoms with Gasteiger partial charge in [0.15, 0.2) is 10.8 Å². The molecule has 0 aromatic carbocycles. The van der Waals surface area contributed by atoms with Crippen molar-refractivity contribution in [1.82, 2.24) is 19.6 Å². The molecule has 100 valence electrons.